The van der Waals surface area contributed by atoms with Crippen molar-refractivity contribution in [1.82, 2.24) is 9.80 Å². The molecule has 0 spiro atoms. The van der Waals surface area contributed by atoms with Gasteiger partial charge in [-0.25, -0.2) is 0 Å². The van der Waals surface area contributed by atoms with Crippen LogP contribution >= 0.6 is 11.6 Å². The maximum absolute atomic E-state index is 13.1. The highest BCUT2D eigenvalue weighted by Gasteiger charge is 2.34. The van der Waals surface area contributed by atoms with Gasteiger partial charge in [-0.3, -0.25) is 9.59 Å². The standard InChI is InChI=1S/C26H34ClN3O3/c1-29(18-20-8-3-2-4-9-20)26(32)16-21-19-30(25(31)12-5-6-14-28)15-13-24(21)33-23-11-7-10-22(27)17-23/h2-4,7-11,17,21,24H,5-6,12-16,18-19,28H2,1H3/t21-,24-/m0/s1. The lowest BCUT2D eigenvalue weighted by Gasteiger charge is -2.39. The number of carbonyl (C=O) groups is 2. The van der Waals surface area contributed by atoms with Crippen LogP contribution < -0.4 is 10.5 Å². The highest BCUT2D eigenvalue weighted by molar-refractivity contribution is 6.30. The number of piperidine rings is 1. The van der Waals surface area contributed by atoms with Crippen LogP contribution in [0, 0.1) is 5.92 Å². The molecule has 6 nitrogen and oxygen atoms in total. The third-order valence-corrected chi connectivity index (χ3v) is 6.31. The first-order chi connectivity index (χ1) is 16.0. The second kappa shape index (κ2) is 12.6. The number of halogens is 1. The molecule has 1 fully saturated rings. The Morgan fingerprint density at radius 3 is 2.67 bits per heavy atom. The minimum Gasteiger partial charge on any atom is -0.490 e. The molecular formula is C26H34ClN3O3. The molecule has 2 N–H and O–H groups in total. The van der Waals surface area contributed by atoms with Gasteiger partial charge in [0, 0.05) is 56.9 Å². The van der Waals surface area contributed by atoms with Gasteiger partial charge in [-0.05, 0) is 43.1 Å². The molecule has 3 rings (SSSR count). The maximum atomic E-state index is 13.1. The molecule has 0 unspecified atom stereocenters. The van der Waals surface area contributed by atoms with Crippen molar-refractivity contribution in [2.75, 3.05) is 26.7 Å². The van der Waals surface area contributed by atoms with Crippen molar-refractivity contribution < 1.29 is 14.3 Å². The van der Waals surface area contributed by atoms with Crippen LogP contribution in [0.2, 0.25) is 5.02 Å². The van der Waals surface area contributed by atoms with Gasteiger partial charge in [-0.1, -0.05) is 48.0 Å². The molecule has 2 atom stereocenters. The zero-order chi connectivity index (χ0) is 23.6. The number of nitrogens with zero attached hydrogens (tertiary/aromatic N) is 2. The number of amides is 2. The fourth-order valence-electron chi connectivity index (χ4n) is 4.21. The van der Waals surface area contributed by atoms with Crippen molar-refractivity contribution in [2.45, 2.75) is 44.8 Å². The van der Waals surface area contributed by atoms with Gasteiger partial charge in [0.05, 0.1) is 0 Å². The number of hydrogen-bond donors (Lipinski definition) is 1. The van der Waals surface area contributed by atoms with Crippen LogP contribution in [0.1, 0.15) is 37.7 Å². The van der Waals surface area contributed by atoms with Gasteiger partial charge in [0.15, 0.2) is 0 Å². The summed E-state index contributed by atoms with van der Waals surface area (Å²) in [7, 11) is 1.82. The molecule has 0 saturated carbocycles. The Hall–Kier alpha value is -2.57. The Morgan fingerprint density at radius 1 is 1.15 bits per heavy atom. The lowest BCUT2D eigenvalue weighted by atomic mass is 9.90. The smallest absolute Gasteiger partial charge is 0.223 e. The van der Waals surface area contributed by atoms with E-state index in [0.29, 0.717) is 56.2 Å². The van der Waals surface area contributed by atoms with Crippen LogP contribution in [0.3, 0.4) is 0 Å². The normalized spacial score (nSPS) is 18.1. The topological polar surface area (TPSA) is 75.9 Å². The Kier molecular flexibility index (Phi) is 9.58. The van der Waals surface area contributed by atoms with Gasteiger partial charge >= 0.3 is 0 Å². The molecule has 0 aromatic heterocycles. The Labute approximate surface area is 201 Å². The van der Waals surface area contributed by atoms with Gasteiger partial charge < -0.3 is 20.3 Å². The number of unbranched alkanes of at least 4 members (excludes halogenated alkanes) is 1. The van der Waals surface area contributed by atoms with Gasteiger partial charge in [-0.15, -0.1) is 0 Å². The average Bonchev–Trinajstić information content (AvgIpc) is 2.81. The van der Waals surface area contributed by atoms with Gasteiger partial charge in [0.25, 0.3) is 0 Å². The minimum atomic E-state index is -0.161. The van der Waals surface area contributed by atoms with Crippen molar-refractivity contribution in [1.29, 1.82) is 0 Å². The summed E-state index contributed by atoms with van der Waals surface area (Å²) in [5.74, 6) is 0.757. The Balaban J connectivity index is 1.67. The summed E-state index contributed by atoms with van der Waals surface area (Å²) in [5, 5.41) is 0.607. The lowest BCUT2D eigenvalue weighted by Crippen LogP contribution is -2.49. The first-order valence-electron chi connectivity index (χ1n) is 11.6. The van der Waals surface area contributed by atoms with Crippen molar-refractivity contribution in [3.05, 3.63) is 65.2 Å². The highest BCUT2D eigenvalue weighted by Crippen LogP contribution is 2.28. The summed E-state index contributed by atoms with van der Waals surface area (Å²) in [6, 6.07) is 17.2. The monoisotopic (exact) mass is 471 g/mol. The first kappa shape index (κ1) is 25.1. The summed E-state index contributed by atoms with van der Waals surface area (Å²) in [5.41, 5.74) is 6.65. The molecule has 2 aromatic rings. The Bertz CT molecular complexity index is 909. The number of carbonyl (C=O) groups excluding carboxylic acids is 2. The molecule has 1 aliphatic rings. The zero-order valence-corrected chi connectivity index (χ0v) is 20.0. The van der Waals surface area contributed by atoms with Crippen LogP contribution in [-0.4, -0.2) is 54.4 Å². The van der Waals surface area contributed by atoms with Crippen LogP contribution in [-0.2, 0) is 16.1 Å². The van der Waals surface area contributed by atoms with Gasteiger partial charge in [0.1, 0.15) is 11.9 Å². The van der Waals surface area contributed by atoms with E-state index in [1.807, 2.05) is 54.4 Å². The number of ether oxygens (including phenoxy) is 1. The number of rotatable bonds is 10. The van der Waals surface area contributed by atoms with Gasteiger partial charge in [-0.2, -0.15) is 0 Å². The predicted octanol–water partition coefficient (Wildman–Crippen LogP) is 4.11. The molecule has 2 aromatic carbocycles. The molecular weight excluding hydrogens is 438 g/mol. The maximum Gasteiger partial charge on any atom is 0.223 e. The highest BCUT2D eigenvalue weighted by atomic mass is 35.5. The molecule has 178 valence electrons. The summed E-state index contributed by atoms with van der Waals surface area (Å²) >= 11 is 6.12. The van der Waals surface area contributed by atoms with E-state index < -0.39 is 0 Å². The number of hydrogen-bond acceptors (Lipinski definition) is 4. The van der Waals surface area contributed by atoms with Crippen LogP contribution in [0.4, 0.5) is 0 Å². The molecule has 0 aliphatic carbocycles. The van der Waals surface area contributed by atoms with E-state index >= 15 is 0 Å². The largest absolute Gasteiger partial charge is 0.490 e. The molecule has 1 saturated heterocycles. The van der Waals surface area contributed by atoms with E-state index in [1.54, 1.807) is 17.0 Å². The molecule has 1 aliphatic heterocycles. The Morgan fingerprint density at radius 2 is 1.94 bits per heavy atom. The fourth-order valence-corrected chi connectivity index (χ4v) is 4.39. The second-order valence-corrected chi connectivity index (χ2v) is 9.12. The van der Waals surface area contributed by atoms with Crippen LogP contribution in [0.15, 0.2) is 54.6 Å². The summed E-state index contributed by atoms with van der Waals surface area (Å²) in [6.45, 7) is 2.27. The van der Waals surface area contributed by atoms with E-state index in [4.69, 9.17) is 22.1 Å². The molecule has 7 heteroatoms. The van der Waals surface area contributed by atoms with Crippen molar-refractivity contribution in [3.63, 3.8) is 0 Å². The van der Waals surface area contributed by atoms with Crippen molar-refractivity contribution in [3.8, 4) is 5.75 Å². The quantitative estimate of drug-likeness (QED) is 0.529. The van der Waals surface area contributed by atoms with E-state index in [2.05, 4.69) is 0 Å². The number of benzene rings is 2. The predicted molar refractivity (Wildman–Crippen MR) is 131 cm³/mol. The number of likely N-dealkylation sites (tertiary alicyclic amines) is 1. The van der Waals surface area contributed by atoms with Crippen LogP contribution in [0.25, 0.3) is 0 Å². The molecule has 0 radical (unpaired) electrons. The molecule has 33 heavy (non-hydrogen) atoms. The first-order valence-corrected chi connectivity index (χ1v) is 12.0. The molecule has 1 heterocycles. The van der Waals surface area contributed by atoms with Gasteiger partial charge in [0.2, 0.25) is 11.8 Å². The molecule has 2 amide bonds. The average molecular weight is 472 g/mol. The van der Waals surface area contributed by atoms with Crippen molar-refractivity contribution in [2.24, 2.45) is 11.7 Å². The third kappa shape index (κ3) is 7.76. The summed E-state index contributed by atoms with van der Waals surface area (Å²) in [4.78, 5) is 29.4. The van der Waals surface area contributed by atoms with E-state index in [0.717, 1.165) is 18.4 Å². The lowest BCUT2D eigenvalue weighted by molar-refractivity contribution is -0.139. The van der Waals surface area contributed by atoms with E-state index in [9.17, 15) is 9.59 Å². The SMILES string of the molecule is CN(Cc1ccccc1)C(=O)C[C@H]1CN(C(=O)CCCCN)CC[C@@H]1Oc1cccc(Cl)c1. The van der Waals surface area contributed by atoms with Crippen LogP contribution in [0.5, 0.6) is 5.75 Å². The van der Waals surface area contributed by atoms with Crippen molar-refractivity contribution >= 4 is 23.4 Å². The van der Waals surface area contributed by atoms with E-state index in [1.165, 1.54) is 0 Å². The third-order valence-electron chi connectivity index (χ3n) is 6.07. The molecule has 0 bridgehead atoms. The summed E-state index contributed by atoms with van der Waals surface area (Å²) < 4.78 is 6.26. The zero-order valence-electron chi connectivity index (χ0n) is 19.3. The van der Waals surface area contributed by atoms with E-state index in [-0.39, 0.29) is 23.8 Å². The number of nitrogens with two attached hydrogens (primary N) is 1. The fraction of sp³-hybridized carbons (Fsp3) is 0.462. The minimum absolute atomic E-state index is 0.0426. The summed E-state index contributed by atoms with van der Waals surface area (Å²) in [6.07, 6.45) is 2.96. The second-order valence-electron chi connectivity index (χ2n) is 8.69.